The molecule has 1 fully saturated rings. The number of amides is 1. The van der Waals surface area contributed by atoms with Crippen molar-refractivity contribution in [2.24, 2.45) is 0 Å². The molecule has 6 nitrogen and oxygen atoms in total. The first-order valence-electron chi connectivity index (χ1n) is 7.08. The Hall–Kier alpha value is -1.92. The van der Waals surface area contributed by atoms with Crippen LogP contribution in [0.25, 0.3) is 10.9 Å². The maximum Gasteiger partial charge on any atom is 0.275 e. The third kappa shape index (κ3) is 2.64. The SMILES string of the molecule is CN(C)CC1(O)CCN(C(=O)c2n[nH]c3ccccc23)C1. The number of nitrogens with zero attached hydrogens (tertiary/aromatic N) is 3. The summed E-state index contributed by atoms with van der Waals surface area (Å²) in [4.78, 5) is 16.2. The van der Waals surface area contributed by atoms with Crippen LogP contribution in [0.4, 0.5) is 0 Å². The Kier molecular flexibility index (Phi) is 3.43. The minimum atomic E-state index is -0.828. The molecule has 1 saturated heterocycles. The number of carbonyl (C=O) groups excluding carboxylic acids is 1. The van der Waals surface area contributed by atoms with Gasteiger partial charge in [-0.2, -0.15) is 5.10 Å². The van der Waals surface area contributed by atoms with Crippen LogP contribution < -0.4 is 0 Å². The van der Waals surface area contributed by atoms with Crippen LogP contribution in [0.2, 0.25) is 0 Å². The molecule has 21 heavy (non-hydrogen) atoms. The number of likely N-dealkylation sites (tertiary alicyclic amines) is 1. The predicted octanol–water partition coefficient (Wildman–Crippen LogP) is 0.701. The van der Waals surface area contributed by atoms with Crippen LogP contribution in [0.1, 0.15) is 16.9 Å². The first-order valence-corrected chi connectivity index (χ1v) is 7.08. The van der Waals surface area contributed by atoms with E-state index < -0.39 is 5.60 Å². The second-order valence-electron chi connectivity index (χ2n) is 6.06. The molecule has 112 valence electrons. The Morgan fingerprint density at radius 3 is 3.00 bits per heavy atom. The van der Waals surface area contributed by atoms with E-state index in [-0.39, 0.29) is 5.91 Å². The molecule has 6 heteroatoms. The summed E-state index contributed by atoms with van der Waals surface area (Å²) in [7, 11) is 3.84. The Morgan fingerprint density at radius 1 is 1.48 bits per heavy atom. The summed E-state index contributed by atoms with van der Waals surface area (Å²) in [5.74, 6) is -0.123. The highest BCUT2D eigenvalue weighted by Crippen LogP contribution is 2.25. The molecule has 1 aromatic heterocycles. The van der Waals surface area contributed by atoms with Crippen molar-refractivity contribution in [3.63, 3.8) is 0 Å². The van der Waals surface area contributed by atoms with Gasteiger partial charge in [0.2, 0.25) is 0 Å². The van der Waals surface area contributed by atoms with Gasteiger partial charge in [0.05, 0.1) is 17.7 Å². The number of rotatable bonds is 3. The van der Waals surface area contributed by atoms with E-state index in [1.54, 1.807) is 4.90 Å². The molecule has 2 N–H and O–H groups in total. The van der Waals surface area contributed by atoms with E-state index in [4.69, 9.17) is 0 Å². The first kappa shape index (κ1) is 14.0. The lowest BCUT2D eigenvalue weighted by Crippen LogP contribution is -2.43. The number of aliphatic hydroxyl groups is 1. The Bertz CT molecular complexity index is 666. The monoisotopic (exact) mass is 288 g/mol. The first-order chi connectivity index (χ1) is 9.98. The summed E-state index contributed by atoms with van der Waals surface area (Å²) in [6, 6.07) is 7.57. The van der Waals surface area contributed by atoms with Crippen LogP contribution >= 0.6 is 0 Å². The van der Waals surface area contributed by atoms with Crippen LogP contribution in [0, 0.1) is 0 Å². The van der Waals surface area contributed by atoms with Crippen molar-refractivity contribution >= 4 is 16.8 Å². The molecule has 1 aliphatic rings. The van der Waals surface area contributed by atoms with Crippen molar-refractivity contribution in [1.82, 2.24) is 20.0 Å². The van der Waals surface area contributed by atoms with Crippen LogP contribution in [-0.4, -0.2) is 70.3 Å². The van der Waals surface area contributed by atoms with E-state index in [2.05, 4.69) is 10.2 Å². The molecule has 1 aromatic carbocycles. The number of aromatic nitrogens is 2. The molecule has 0 bridgehead atoms. The Balaban J connectivity index is 1.81. The molecule has 2 heterocycles. The van der Waals surface area contributed by atoms with Crippen molar-refractivity contribution < 1.29 is 9.90 Å². The van der Waals surface area contributed by atoms with Crippen LogP contribution in [0.5, 0.6) is 0 Å². The summed E-state index contributed by atoms with van der Waals surface area (Å²) in [6.45, 7) is 1.47. The highest BCUT2D eigenvalue weighted by atomic mass is 16.3. The molecule has 1 aliphatic heterocycles. The van der Waals surface area contributed by atoms with E-state index in [1.165, 1.54) is 0 Å². The Morgan fingerprint density at radius 2 is 2.24 bits per heavy atom. The summed E-state index contributed by atoms with van der Waals surface area (Å²) in [6.07, 6.45) is 0.597. The molecule has 0 radical (unpaired) electrons. The maximum absolute atomic E-state index is 12.6. The molecule has 0 aliphatic carbocycles. The maximum atomic E-state index is 12.6. The molecule has 1 unspecified atom stereocenters. The molecule has 2 aromatic rings. The van der Waals surface area contributed by atoms with Crippen LogP contribution in [-0.2, 0) is 0 Å². The van der Waals surface area contributed by atoms with Gasteiger partial charge < -0.3 is 14.9 Å². The average molecular weight is 288 g/mol. The standard InChI is InChI=1S/C15H20N4O2/c1-18(2)9-15(21)7-8-19(10-15)14(20)13-11-5-3-4-6-12(11)16-17-13/h3-6,21H,7-10H2,1-2H3,(H,16,17). The van der Waals surface area contributed by atoms with Gasteiger partial charge in [-0.1, -0.05) is 18.2 Å². The number of H-pyrrole nitrogens is 1. The van der Waals surface area contributed by atoms with Gasteiger partial charge in [-0.3, -0.25) is 9.89 Å². The Labute approximate surface area is 123 Å². The number of nitrogens with one attached hydrogen (secondary N) is 1. The lowest BCUT2D eigenvalue weighted by Gasteiger charge is -2.26. The van der Waals surface area contributed by atoms with Gasteiger partial charge in [-0.25, -0.2) is 0 Å². The van der Waals surface area contributed by atoms with Crippen molar-refractivity contribution in [3.8, 4) is 0 Å². The third-order valence-corrected chi connectivity index (χ3v) is 3.90. The van der Waals surface area contributed by atoms with Gasteiger partial charge in [0.15, 0.2) is 5.69 Å². The lowest BCUT2D eigenvalue weighted by molar-refractivity contribution is 0.0235. The fourth-order valence-electron chi connectivity index (χ4n) is 3.02. The van der Waals surface area contributed by atoms with Crippen molar-refractivity contribution in [1.29, 1.82) is 0 Å². The quantitative estimate of drug-likeness (QED) is 0.872. The van der Waals surface area contributed by atoms with Gasteiger partial charge in [0.25, 0.3) is 5.91 Å². The van der Waals surface area contributed by atoms with E-state index in [1.807, 2.05) is 43.3 Å². The van der Waals surface area contributed by atoms with Gasteiger partial charge in [-0.05, 0) is 26.6 Å². The van der Waals surface area contributed by atoms with E-state index >= 15 is 0 Å². The summed E-state index contributed by atoms with van der Waals surface area (Å²) in [5, 5.41) is 18.4. The number of para-hydroxylation sites is 1. The van der Waals surface area contributed by atoms with E-state index in [0.717, 1.165) is 10.9 Å². The number of aromatic amines is 1. The second kappa shape index (κ2) is 5.13. The van der Waals surface area contributed by atoms with Gasteiger partial charge in [0.1, 0.15) is 0 Å². The number of benzene rings is 1. The average Bonchev–Trinajstić information content (AvgIpc) is 3.01. The van der Waals surface area contributed by atoms with Gasteiger partial charge in [-0.15, -0.1) is 0 Å². The van der Waals surface area contributed by atoms with Gasteiger partial charge >= 0.3 is 0 Å². The fourth-order valence-corrected chi connectivity index (χ4v) is 3.02. The molecule has 0 saturated carbocycles. The number of hydrogen-bond acceptors (Lipinski definition) is 4. The number of fused-ring (bicyclic) bond motifs is 1. The smallest absolute Gasteiger partial charge is 0.275 e. The molecular formula is C15H20N4O2. The zero-order valence-corrected chi connectivity index (χ0v) is 12.3. The normalized spacial score (nSPS) is 22.4. The zero-order chi connectivity index (χ0) is 15.0. The fraction of sp³-hybridized carbons (Fsp3) is 0.467. The lowest BCUT2D eigenvalue weighted by atomic mass is 10.0. The largest absolute Gasteiger partial charge is 0.387 e. The predicted molar refractivity (Wildman–Crippen MR) is 80.1 cm³/mol. The minimum absolute atomic E-state index is 0.123. The summed E-state index contributed by atoms with van der Waals surface area (Å²) in [5.41, 5.74) is 0.453. The molecular weight excluding hydrogens is 268 g/mol. The molecule has 1 amide bonds. The van der Waals surface area contributed by atoms with E-state index in [0.29, 0.717) is 31.7 Å². The minimum Gasteiger partial charge on any atom is -0.387 e. The second-order valence-corrected chi connectivity index (χ2v) is 6.06. The van der Waals surface area contributed by atoms with Crippen LogP contribution in [0.15, 0.2) is 24.3 Å². The highest BCUT2D eigenvalue weighted by molar-refractivity contribution is 6.04. The molecule has 0 spiro atoms. The van der Waals surface area contributed by atoms with Crippen molar-refractivity contribution in [3.05, 3.63) is 30.0 Å². The number of hydrogen-bond donors (Lipinski definition) is 2. The van der Waals surface area contributed by atoms with Crippen molar-refractivity contribution in [2.75, 3.05) is 33.7 Å². The number of β-amino-alcohol motifs (C(OH)–C–C–N with tert-alkyl or cyclic N) is 1. The van der Waals surface area contributed by atoms with Crippen LogP contribution in [0.3, 0.4) is 0 Å². The summed E-state index contributed by atoms with van der Waals surface area (Å²) < 4.78 is 0. The highest BCUT2D eigenvalue weighted by Gasteiger charge is 2.39. The third-order valence-electron chi connectivity index (χ3n) is 3.90. The number of carbonyl (C=O) groups is 1. The van der Waals surface area contributed by atoms with E-state index in [9.17, 15) is 9.90 Å². The number of likely N-dealkylation sites (N-methyl/N-ethyl adjacent to an activating group) is 1. The van der Waals surface area contributed by atoms with Crippen molar-refractivity contribution in [2.45, 2.75) is 12.0 Å². The molecule has 1 atom stereocenters. The zero-order valence-electron chi connectivity index (χ0n) is 12.3. The molecule has 3 rings (SSSR count). The topological polar surface area (TPSA) is 72.5 Å². The van der Waals surface area contributed by atoms with Gasteiger partial charge in [0, 0.05) is 18.5 Å². The summed E-state index contributed by atoms with van der Waals surface area (Å²) >= 11 is 0.